The predicted octanol–water partition coefficient (Wildman–Crippen LogP) is 24.0. The van der Waals surface area contributed by atoms with Crippen LogP contribution in [0.15, 0.2) is 97.2 Å². The molecule has 0 fully saturated rings. The molecule has 81 heavy (non-hydrogen) atoms. The first kappa shape index (κ1) is 77.3. The van der Waals surface area contributed by atoms with Crippen molar-refractivity contribution in [3.8, 4) is 0 Å². The molecule has 0 saturated heterocycles. The Hall–Kier alpha value is -3.67. The van der Waals surface area contributed by atoms with Gasteiger partial charge in [-0.1, -0.05) is 317 Å². The number of hydrogen-bond acceptors (Lipinski definition) is 6. The molecule has 0 aliphatic heterocycles. The molecule has 0 aliphatic rings. The summed E-state index contributed by atoms with van der Waals surface area (Å²) in [6.07, 6.45) is 92.7. The molecule has 0 radical (unpaired) electrons. The summed E-state index contributed by atoms with van der Waals surface area (Å²) < 4.78 is 17.0. The molecule has 1 unspecified atom stereocenters. The Bertz CT molecular complexity index is 1580. The second-order valence-corrected chi connectivity index (χ2v) is 23.1. The van der Waals surface area contributed by atoms with Gasteiger partial charge in [0.15, 0.2) is 6.10 Å². The molecule has 0 aromatic heterocycles. The van der Waals surface area contributed by atoms with Gasteiger partial charge < -0.3 is 14.2 Å². The molecule has 0 aromatic carbocycles. The summed E-state index contributed by atoms with van der Waals surface area (Å²) in [7, 11) is 0. The molecule has 0 aliphatic carbocycles. The van der Waals surface area contributed by atoms with Crippen LogP contribution in [0.4, 0.5) is 0 Å². The van der Waals surface area contributed by atoms with E-state index >= 15 is 0 Å². The first-order chi connectivity index (χ1) is 40.0. The number of unbranched alkanes of at least 4 members (excludes halogenated alkanes) is 36. The molecule has 0 amide bonds. The molecule has 0 aromatic rings. The molecular weight excluding hydrogens is 997 g/mol. The smallest absolute Gasteiger partial charge is 0.306 e. The molecule has 0 spiro atoms. The summed E-state index contributed by atoms with van der Waals surface area (Å²) in [5, 5.41) is 0. The zero-order chi connectivity index (χ0) is 58.5. The number of carbonyl (C=O) groups is 3. The lowest BCUT2D eigenvalue weighted by molar-refractivity contribution is -0.167. The topological polar surface area (TPSA) is 78.9 Å². The second-order valence-electron chi connectivity index (χ2n) is 23.1. The van der Waals surface area contributed by atoms with E-state index in [1.807, 2.05) is 0 Å². The zero-order valence-electron chi connectivity index (χ0n) is 53.5. The second kappa shape index (κ2) is 68.8. The standard InChI is InChI=1S/C75H130O6/c1-4-7-10-13-16-19-22-25-28-31-34-36-37-39-41-44-47-50-53-56-59-62-65-68-74(77)80-71-72(70-79-73(76)67-64-61-58-55-52-49-46-43-40-33-30-27-24-21-18-15-12-9-6-3)81-75(78)69-66-63-60-57-54-51-48-45-42-38-35-32-29-26-23-20-17-14-11-8-5-2/h7,10,16,18-19,21,25,27-28,30,34,36,39-41,43,72H,4-6,8-9,11-15,17,20,22-24,26,29,31-33,35,37-38,42,44-71H2,1-3H3/b10-7-,19-16-,21-18-,28-25-,30-27-,36-34-,41-39-,43-40-. The number of hydrogen-bond donors (Lipinski definition) is 0. The summed E-state index contributed by atoms with van der Waals surface area (Å²) in [6.45, 7) is 6.53. The third-order valence-electron chi connectivity index (χ3n) is 15.1. The molecule has 1 atom stereocenters. The monoisotopic (exact) mass is 1130 g/mol. The SMILES string of the molecule is CC/C=C\C/C=C\C/C=C\C/C=C\C/C=C\CCCCCCCCCC(=O)OCC(COC(=O)CCCCCCCC/C=C\C/C=C\C/C=C\CCCCC)OC(=O)CCCCCCCCCCCCCCCCCCCCCCC. The van der Waals surface area contributed by atoms with Gasteiger partial charge in [-0.05, 0) is 103 Å². The van der Waals surface area contributed by atoms with Crippen molar-refractivity contribution in [3.05, 3.63) is 97.2 Å². The number of ether oxygens (including phenoxy) is 3. The van der Waals surface area contributed by atoms with Gasteiger partial charge in [0.2, 0.25) is 0 Å². The van der Waals surface area contributed by atoms with Crippen LogP contribution in [0.25, 0.3) is 0 Å². The first-order valence-corrected chi connectivity index (χ1v) is 34.7. The Morgan fingerprint density at radius 1 is 0.259 bits per heavy atom. The number of esters is 3. The van der Waals surface area contributed by atoms with E-state index in [-0.39, 0.29) is 31.1 Å². The van der Waals surface area contributed by atoms with E-state index in [0.29, 0.717) is 19.3 Å². The summed E-state index contributed by atoms with van der Waals surface area (Å²) in [4.78, 5) is 38.5. The van der Waals surface area contributed by atoms with Gasteiger partial charge in [0.05, 0.1) is 0 Å². The van der Waals surface area contributed by atoms with Gasteiger partial charge in [-0.15, -0.1) is 0 Å². The van der Waals surface area contributed by atoms with E-state index in [2.05, 4.69) is 118 Å². The van der Waals surface area contributed by atoms with Crippen LogP contribution in [0.3, 0.4) is 0 Å². The van der Waals surface area contributed by atoms with Crippen LogP contribution in [0.5, 0.6) is 0 Å². The molecular formula is C75H130O6. The summed E-state index contributed by atoms with van der Waals surface area (Å²) in [6, 6.07) is 0. The van der Waals surface area contributed by atoms with Crippen LogP contribution < -0.4 is 0 Å². The fourth-order valence-electron chi connectivity index (χ4n) is 9.89. The molecule has 0 heterocycles. The van der Waals surface area contributed by atoms with Crippen LogP contribution in [-0.4, -0.2) is 37.2 Å². The lowest BCUT2D eigenvalue weighted by Crippen LogP contribution is -2.30. The third kappa shape index (κ3) is 67.0. The normalized spacial score (nSPS) is 12.7. The van der Waals surface area contributed by atoms with Crippen LogP contribution in [0.1, 0.15) is 342 Å². The highest BCUT2D eigenvalue weighted by Gasteiger charge is 2.19. The van der Waals surface area contributed by atoms with E-state index < -0.39 is 6.10 Å². The summed E-state index contributed by atoms with van der Waals surface area (Å²) in [5.74, 6) is -0.890. The van der Waals surface area contributed by atoms with Crippen molar-refractivity contribution in [2.75, 3.05) is 13.2 Å². The van der Waals surface area contributed by atoms with E-state index in [1.54, 1.807) is 0 Å². The highest BCUT2D eigenvalue weighted by atomic mass is 16.6. The van der Waals surface area contributed by atoms with Crippen molar-refractivity contribution in [2.24, 2.45) is 0 Å². The predicted molar refractivity (Wildman–Crippen MR) is 353 cm³/mol. The van der Waals surface area contributed by atoms with Gasteiger partial charge in [0.25, 0.3) is 0 Å². The Morgan fingerprint density at radius 2 is 0.481 bits per heavy atom. The van der Waals surface area contributed by atoms with Crippen LogP contribution in [0.2, 0.25) is 0 Å². The van der Waals surface area contributed by atoms with E-state index in [4.69, 9.17) is 14.2 Å². The van der Waals surface area contributed by atoms with Gasteiger partial charge in [-0.25, -0.2) is 0 Å². The fourth-order valence-corrected chi connectivity index (χ4v) is 9.89. The van der Waals surface area contributed by atoms with Crippen molar-refractivity contribution >= 4 is 17.9 Å². The number of rotatable bonds is 63. The lowest BCUT2D eigenvalue weighted by atomic mass is 10.0. The molecule has 0 rings (SSSR count). The minimum atomic E-state index is -0.790. The Labute approximate surface area is 502 Å². The number of allylic oxidation sites excluding steroid dienone is 16. The molecule has 6 heteroatoms. The highest BCUT2D eigenvalue weighted by molar-refractivity contribution is 5.71. The van der Waals surface area contributed by atoms with Crippen molar-refractivity contribution in [1.29, 1.82) is 0 Å². The minimum Gasteiger partial charge on any atom is -0.462 e. The molecule has 6 nitrogen and oxygen atoms in total. The maximum Gasteiger partial charge on any atom is 0.306 e. The molecule has 0 N–H and O–H groups in total. The van der Waals surface area contributed by atoms with Crippen molar-refractivity contribution in [2.45, 2.75) is 348 Å². The van der Waals surface area contributed by atoms with Gasteiger partial charge in [0.1, 0.15) is 13.2 Å². The Balaban J connectivity index is 4.41. The third-order valence-corrected chi connectivity index (χ3v) is 15.1. The lowest BCUT2D eigenvalue weighted by Gasteiger charge is -2.18. The quantitative estimate of drug-likeness (QED) is 0.0261. The molecule has 0 bridgehead atoms. The van der Waals surface area contributed by atoms with Crippen molar-refractivity contribution < 1.29 is 28.6 Å². The summed E-state index contributed by atoms with van der Waals surface area (Å²) >= 11 is 0. The van der Waals surface area contributed by atoms with Crippen molar-refractivity contribution in [3.63, 3.8) is 0 Å². The van der Waals surface area contributed by atoms with Gasteiger partial charge in [0, 0.05) is 19.3 Å². The van der Waals surface area contributed by atoms with Crippen LogP contribution >= 0.6 is 0 Å². The zero-order valence-corrected chi connectivity index (χ0v) is 53.5. The Kier molecular flexibility index (Phi) is 65.7. The van der Waals surface area contributed by atoms with E-state index in [0.717, 1.165) is 116 Å². The average molecular weight is 1130 g/mol. The fraction of sp³-hybridized carbons (Fsp3) is 0.747. The summed E-state index contributed by atoms with van der Waals surface area (Å²) in [5.41, 5.74) is 0. The van der Waals surface area contributed by atoms with Gasteiger partial charge in [-0.2, -0.15) is 0 Å². The van der Waals surface area contributed by atoms with Crippen LogP contribution in [-0.2, 0) is 28.6 Å². The first-order valence-electron chi connectivity index (χ1n) is 34.7. The molecule has 466 valence electrons. The van der Waals surface area contributed by atoms with Gasteiger partial charge >= 0.3 is 17.9 Å². The average Bonchev–Trinajstić information content (AvgIpc) is 3.47. The number of carbonyl (C=O) groups excluding carboxylic acids is 3. The van der Waals surface area contributed by atoms with E-state index in [1.165, 1.54) is 186 Å². The maximum atomic E-state index is 13.0. The van der Waals surface area contributed by atoms with Crippen molar-refractivity contribution in [1.82, 2.24) is 0 Å². The van der Waals surface area contributed by atoms with Gasteiger partial charge in [-0.3, -0.25) is 14.4 Å². The van der Waals surface area contributed by atoms with E-state index in [9.17, 15) is 14.4 Å². The molecule has 0 saturated carbocycles. The maximum absolute atomic E-state index is 13.0. The minimum absolute atomic E-state index is 0.0855. The Morgan fingerprint density at radius 3 is 0.778 bits per heavy atom. The largest absolute Gasteiger partial charge is 0.462 e. The van der Waals surface area contributed by atoms with Crippen LogP contribution in [0, 0.1) is 0 Å². The highest BCUT2D eigenvalue weighted by Crippen LogP contribution is 2.17.